The van der Waals surface area contributed by atoms with Crippen molar-refractivity contribution in [3.05, 3.63) is 0 Å². The number of hydrogen-bond acceptors (Lipinski definition) is 3. The van der Waals surface area contributed by atoms with E-state index in [4.69, 9.17) is 10.2 Å². The van der Waals surface area contributed by atoms with Crippen LogP contribution in [0.15, 0.2) is 0 Å². The number of rotatable bonds is 10. The molecule has 0 aromatic rings. The summed E-state index contributed by atoms with van der Waals surface area (Å²) in [5, 5.41) is 17.4. The van der Waals surface area contributed by atoms with Gasteiger partial charge in [-0.05, 0) is 19.3 Å². The first-order valence-corrected chi connectivity index (χ1v) is 6.02. The highest BCUT2D eigenvalue weighted by Crippen LogP contribution is 2.17. The summed E-state index contributed by atoms with van der Waals surface area (Å²) < 4.78 is 0. The van der Waals surface area contributed by atoms with E-state index >= 15 is 0 Å². The van der Waals surface area contributed by atoms with Gasteiger partial charge >= 0.3 is 11.9 Å². The van der Waals surface area contributed by atoms with Crippen molar-refractivity contribution in [2.45, 2.75) is 58.3 Å². The lowest BCUT2D eigenvalue weighted by molar-refractivity contribution is -0.143. The van der Waals surface area contributed by atoms with Crippen molar-refractivity contribution in [3.8, 4) is 0 Å². The second kappa shape index (κ2) is 11.4. The van der Waals surface area contributed by atoms with E-state index in [0.717, 1.165) is 25.7 Å². The van der Waals surface area contributed by atoms with Crippen molar-refractivity contribution in [2.24, 2.45) is 5.92 Å². The van der Waals surface area contributed by atoms with Gasteiger partial charge in [0.25, 0.3) is 0 Å². The van der Waals surface area contributed by atoms with E-state index in [1.807, 2.05) is 0 Å². The second-order valence-corrected chi connectivity index (χ2v) is 4.17. The monoisotopic (exact) mass is 247 g/mol. The van der Waals surface area contributed by atoms with Crippen LogP contribution in [0.4, 0.5) is 0 Å². The van der Waals surface area contributed by atoms with E-state index in [0.29, 0.717) is 19.3 Å². The summed E-state index contributed by atoms with van der Waals surface area (Å²) in [7, 11) is 0. The molecular weight excluding hydrogens is 222 g/mol. The zero-order valence-corrected chi connectivity index (χ0v) is 10.7. The van der Waals surface area contributed by atoms with Crippen molar-refractivity contribution in [1.82, 2.24) is 6.15 Å². The number of aliphatic carboxylic acids is 2. The molecule has 0 aliphatic rings. The van der Waals surface area contributed by atoms with Crippen molar-refractivity contribution in [2.75, 3.05) is 0 Å². The molecular formula is C12H25NO4. The summed E-state index contributed by atoms with van der Waals surface area (Å²) in [6.45, 7) is 2.11. The molecule has 0 amide bonds. The van der Waals surface area contributed by atoms with Crippen LogP contribution in [0.3, 0.4) is 0 Å². The van der Waals surface area contributed by atoms with Gasteiger partial charge in [-0.3, -0.25) is 9.59 Å². The lowest BCUT2D eigenvalue weighted by Gasteiger charge is -2.11. The Morgan fingerprint density at radius 2 is 1.59 bits per heavy atom. The SMILES string of the molecule is CCCCCCC(CCCC(=O)O)C(=O)O.N. The lowest BCUT2D eigenvalue weighted by atomic mass is 9.95. The fraction of sp³-hybridized carbons (Fsp3) is 0.833. The molecule has 5 N–H and O–H groups in total. The van der Waals surface area contributed by atoms with Crippen LogP contribution in [0.2, 0.25) is 0 Å². The zero-order chi connectivity index (χ0) is 12.4. The zero-order valence-electron chi connectivity index (χ0n) is 10.7. The molecule has 0 spiro atoms. The molecule has 102 valence electrons. The lowest BCUT2D eigenvalue weighted by Crippen LogP contribution is -2.14. The van der Waals surface area contributed by atoms with Crippen LogP contribution in [0, 0.1) is 5.92 Å². The maximum absolute atomic E-state index is 10.9. The standard InChI is InChI=1S/C12H22O4.H3N/c1-2-3-4-5-7-10(12(15)16)8-6-9-11(13)14;/h10H,2-9H2,1H3,(H,13,14)(H,15,16);1H3. The summed E-state index contributed by atoms with van der Waals surface area (Å²) in [4.78, 5) is 21.2. The van der Waals surface area contributed by atoms with Crippen LogP contribution in [0.25, 0.3) is 0 Å². The summed E-state index contributed by atoms with van der Waals surface area (Å²) in [6.07, 6.45) is 5.96. The van der Waals surface area contributed by atoms with Gasteiger partial charge < -0.3 is 16.4 Å². The van der Waals surface area contributed by atoms with Crippen LogP contribution in [0.5, 0.6) is 0 Å². The number of carboxylic acid groups (broad SMARTS) is 2. The Hall–Kier alpha value is -1.10. The first-order chi connectivity index (χ1) is 7.57. The highest BCUT2D eigenvalue weighted by Gasteiger charge is 2.16. The first-order valence-electron chi connectivity index (χ1n) is 6.02. The van der Waals surface area contributed by atoms with Gasteiger partial charge in [0, 0.05) is 6.42 Å². The van der Waals surface area contributed by atoms with Crippen LogP contribution in [0.1, 0.15) is 58.3 Å². The molecule has 0 aromatic carbocycles. The Bertz CT molecular complexity index is 219. The molecule has 5 heteroatoms. The molecule has 0 radical (unpaired) electrons. The van der Waals surface area contributed by atoms with Crippen LogP contribution < -0.4 is 6.15 Å². The van der Waals surface area contributed by atoms with Gasteiger partial charge in [0.15, 0.2) is 0 Å². The fourth-order valence-electron chi connectivity index (χ4n) is 1.71. The van der Waals surface area contributed by atoms with Crippen molar-refractivity contribution >= 4 is 11.9 Å². The minimum atomic E-state index is -0.852. The third-order valence-corrected chi connectivity index (χ3v) is 2.70. The molecule has 0 bridgehead atoms. The summed E-state index contributed by atoms with van der Waals surface area (Å²) in [6, 6.07) is 0. The molecule has 0 saturated heterocycles. The molecule has 1 atom stereocenters. The van der Waals surface area contributed by atoms with Crippen LogP contribution >= 0.6 is 0 Å². The predicted octanol–water partition coefficient (Wildman–Crippen LogP) is 3.07. The molecule has 5 nitrogen and oxygen atoms in total. The number of hydrogen-bond donors (Lipinski definition) is 3. The summed E-state index contributed by atoms with van der Waals surface area (Å²) in [5.41, 5.74) is 0. The normalized spacial score (nSPS) is 11.6. The minimum Gasteiger partial charge on any atom is -0.481 e. The molecule has 0 aliphatic carbocycles. The van der Waals surface area contributed by atoms with E-state index in [1.165, 1.54) is 0 Å². The smallest absolute Gasteiger partial charge is 0.306 e. The van der Waals surface area contributed by atoms with E-state index < -0.39 is 11.9 Å². The van der Waals surface area contributed by atoms with Crippen LogP contribution in [-0.4, -0.2) is 22.2 Å². The average molecular weight is 247 g/mol. The molecule has 0 fully saturated rings. The minimum absolute atomic E-state index is 0. The third-order valence-electron chi connectivity index (χ3n) is 2.70. The Morgan fingerprint density at radius 3 is 2.06 bits per heavy atom. The molecule has 17 heavy (non-hydrogen) atoms. The quantitative estimate of drug-likeness (QED) is 0.514. The largest absolute Gasteiger partial charge is 0.481 e. The Kier molecular flexibility index (Phi) is 12.2. The second-order valence-electron chi connectivity index (χ2n) is 4.17. The molecule has 0 saturated carbocycles. The topological polar surface area (TPSA) is 110 Å². The number of carboxylic acids is 2. The van der Waals surface area contributed by atoms with E-state index in [1.54, 1.807) is 0 Å². The van der Waals surface area contributed by atoms with Crippen molar-refractivity contribution in [3.63, 3.8) is 0 Å². The Morgan fingerprint density at radius 1 is 1.00 bits per heavy atom. The summed E-state index contributed by atoms with van der Waals surface area (Å²) >= 11 is 0. The Balaban J connectivity index is 0. The van der Waals surface area contributed by atoms with Crippen LogP contribution in [-0.2, 0) is 9.59 Å². The first kappa shape index (κ1) is 18.3. The average Bonchev–Trinajstić information content (AvgIpc) is 2.20. The fourth-order valence-corrected chi connectivity index (χ4v) is 1.71. The number of unbranched alkanes of at least 4 members (excludes halogenated alkanes) is 3. The Labute approximate surface area is 103 Å². The molecule has 0 aromatic heterocycles. The van der Waals surface area contributed by atoms with Gasteiger partial charge in [0.2, 0.25) is 0 Å². The molecule has 0 rings (SSSR count). The van der Waals surface area contributed by atoms with E-state index in [9.17, 15) is 9.59 Å². The highest BCUT2D eigenvalue weighted by molar-refractivity contribution is 5.70. The van der Waals surface area contributed by atoms with Gasteiger partial charge in [-0.2, -0.15) is 0 Å². The highest BCUT2D eigenvalue weighted by atomic mass is 16.4. The predicted molar refractivity (Wildman–Crippen MR) is 66.4 cm³/mol. The van der Waals surface area contributed by atoms with E-state index in [2.05, 4.69) is 6.92 Å². The summed E-state index contributed by atoms with van der Waals surface area (Å²) in [5.74, 6) is -2.01. The van der Waals surface area contributed by atoms with Gasteiger partial charge in [-0.15, -0.1) is 0 Å². The van der Waals surface area contributed by atoms with Crippen molar-refractivity contribution < 1.29 is 19.8 Å². The molecule has 0 aliphatic heterocycles. The van der Waals surface area contributed by atoms with E-state index in [-0.39, 0.29) is 18.5 Å². The van der Waals surface area contributed by atoms with Gasteiger partial charge in [0.05, 0.1) is 5.92 Å². The third kappa shape index (κ3) is 11.2. The molecule has 1 unspecified atom stereocenters. The maximum Gasteiger partial charge on any atom is 0.306 e. The van der Waals surface area contributed by atoms with Gasteiger partial charge in [-0.25, -0.2) is 0 Å². The molecule has 0 heterocycles. The maximum atomic E-state index is 10.9. The van der Waals surface area contributed by atoms with Gasteiger partial charge in [-0.1, -0.05) is 32.6 Å². The number of carbonyl (C=O) groups is 2. The van der Waals surface area contributed by atoms with Crippen molar-refractivity contribution in [1.29, 1.82) is 0 Å². The van der Waals surface area contributed by atoms with Gasteiger partial charge in [0.1, 0.15) is 0 Å².